The van der Waals surface area contributed by atoms with E-state index in [-0.39, 0.29) is 11.8 Å². The Kier molecular flexibility index (Phi) is 6.35. The van der Waals surface area contributed by atoms with Gasteiger partial charge in [0, 0.05) is 6.92 Å². The van der Waals surface area contributed by atoms with Crippen LogP contribution in [0.25, 0.3) is 0 Å². The molecule has 0 saturated carbocycles. The first-order valence-corrected chi connectivity index (χ1v) is 7.56. The van der Waals surface area contributed by atoms with Gasteiger partial charge in [-0.25, -0.2) is 0 Å². The first-order valence-electron chi connectivity index (χ1n) is 7.56. The molecular formula is C18H25NO2. The maximum atomic E-state index is 13.1. The fourth-order valence-corrected chi connectivity index (χ4v) is 2.76. The van der Waals surface area contributed by atoms with Gasteiger partial charge in [-0.3, -0.25) is 14.5 Å². The van der Waals surface area contributed by atoms with E-state index in [2.05, 4.69) is 6.58 Å². The molecule has 3 heteroatoms. The van der Waals surface area contributed by atoms with Crippen LogP contribution in [-0.4, -0.2) is 11.8 Å². The molecule has 0 aromatic heterocycles. The molecule has 1 rings (SSSR count). The summed E-state index contributed by atoms with van der Waals surface area (Å²) in [5.41, 5.74) is -0.0428. The number of hydrogen-bond acceptors (Lipinski definition) is 2. The second-order valence-electron chi connectivity index (χ2n) is 5.36. The molecule has 3 nitrogen and oxygen atoms in total. The summed E-state index contributed by atoms with van der Waals surface area (Å²) in [6.45, 7) is 9.38. The van der Waals surface area contributed by atoms with Gasteiger partial charge in [-0.05, 0) is 25.0 Å². The van der Waals surface area contributed by atoms with Crippen molar-refractivity contribution in [3.63, 3.8) is 0 Å². The maximum absolute atomic E-state index is 13.1. The highest BCUT2D eigenvalue weighted by atomic mass is 16.2. The Bertz CT molecular complexity index is 487. The lowest BCUT2D eigenvalue weighted by Crippen LogP contribution is -2.45. The number of amides is 2. The molecule has 0 atom stereocenters. The van der Waals surface area contributed by atoms with Crippen LogP contribution in [-0.2, 0) is 9.59 Å². The summed E-state index contributed by atoms with van der Waals surface area (Å²) in [6.07, 6.45) is 4.89. The summed E-state index contributed by atoms with van der Waals surface area (Å²) in [5.74, 6) is -0.426. The summed E-state index contributed by atoms with van der Waals surface area (Å²) in [6, 6.07) is 9.09. The van der Waals surface area contributed by atoms with E-state index in [1.54, 1.807) is 18.2 Å². The van der Waals surface area contributed by atoms with Crippen LogP contribution in [0.4, 0.5) is 5.69 Å². The molecule has 0 unspecified atom stereocenters. The van der Waals surface area contributed by atoms with E-state index < -0.39 is 5.41 Å². The van der Waals surface area contributed by atoms with Crippen LogP contribution < -0.4 is 4.90 Å². The van der Waals surface area contributed by atoms with Crippen molar-refractivity contribution < 1.29 is 9.59 Å². The number of carbonyl (C=O) groups excluding carboxylic acids is 2. The van der Waals surface area contributed by atoms with Gasteiger partial charge >= 0.3 is 0 Å². The standard InChI is InChI=1S/C18H25NO2/c1-5-13-18(7-3,14-6-2)17(21)19(15(4)20)16-11-9-8-10-12-16/h7-12H,3,5-6,13-14H2,1-2,4H3. The van der Waals surface area contributed by atoms with E-state index in [1.165, 1.54) is 11.8 Å². The average molecular weight is 287 g/mol. The molecule has 0 radical (unpaired) electrons. The van der Waals surface area contributed by atoms with Gasteiger partial charge in [0.25, 0.3) is 0 Å². The molecule has 0 N–H and O–H groups in total. The van der Waals surface area contributed by atoms with E-state index in [0.717, 1.165) is 12.8 Å². The molecule has 0 bridgehead atoms. The molecule has 0 heterocycles. The molecule has 0 aliphatic heterocycles. The minimum atomic E-state index is -0.662. The Morgan fingerprint density at radius 3 is 2.05 bits per heavy atom. The highest BCUT2D eigenvalue weighted by Gasteiger charge is 2.39. The van der Waals surface area contributed by atoms with Crippen molar-refractivity contribution in [3.05, 3.63) is 43.0 Å². The van der Waals surface area contributed by atoms with Crippen molar-refractivity contribution in [2.75, 3.05) is 4.90 Å². The van der Waals surface area contributed by atoms with E-state index in [9.17, 15) is 9.59 Å². The Morgan fingerprint density at radius 2 is 1.67 bits per heavy atom. The fraction of sp³-hybridized carbons (Fsp3) is 0.444. The number of imide groups is 1. The highest BCUT2D eigenvalue weighted by Crippen LogP contribution is 2.35. The predicted octanol–water partition coefficient (Wildman–Crippen LogP) is 4.34. The zero-order valence-corrected chi connectivity index (χ0v) is 13.3. The number of rotatable bonds is 7. The molecule has 0 saturated heterocycles. The van der Waals surface area contributed by atoms with Crippen molar-refractivity contribution in [2.45, 2.75) is 46.5 Å². The first kappa shape index (κ1) is 17.2. The van der Waals surface area contributed by atoms with Crippen LogP contribution in [0.2, 0.25) is 0 Å². The van der Waals surface area contributed by atoms with Crippen molar-refractivity contribution in [2.24, 2.45) is 5.41 Å². The highest BCUT2D eigenvalue weighted by molar-refractivity contribution is 6.16. The number of para-hydroxylation sites is 1. The van der Waals surface area contributed by atoms with Crippen molar-refractivity contribution in [3.8, 4) is 0 Å². The monoisotopic (exact) mass is 287 g/mol. The van der Waals surface area contributed by atoms with Gasteiger partial charge in [-0.1, -0.05) is 51.0 Å². The van der Waals surface area contributed by atoms with Crippen LogP contribution >= 0.6 is 0 Å². The lowest BCUT2D eigenvalue weighted by Gasteiger charge is -2.33. The number of carbonyl (C=O) groups is 2. The SMILES string of the molecule is C=CC(CCC)(CCC)C(=O)N(C(C)=O)c1ccccc1. The van der Waals surface area contributed by atoms with Crippen LogP contribution in [0, 0.1) is 5.41 Å². The average Bonchev–Trinajstić information content (AvgIpc) is 2.47. The predicted molar refractivity (Wildman–Crippen MR) is 87.1 cm³/mol. The maximum Gasteiger partial charge on any atom is 0.243 e. The quantitative estimate of drug-likeness (QED) is 0.700. The molecule has 0 spiro atoms. The number of benzene rings is 1. The molecule has 0 aliphatic carbocycles. The first-order chi connectivity index (χ1) is 10.0. The van der Waals surface area contributed by atoms with E-state index in [1.807, 2.05) is 32.0 Å². The third kappa shape index (κ3) is 3.81. The van der Waals surface area contributed by atoms with Crippen LogP contribution in [0.5, 0.6) is 0 Å². The minimum Gasteiger partial charge on any atom is -0.274 e. The van der Waals surface area contributed by atoms with Crippen LogP contribution in [0.15, 0.2) is 43.0 Å². The topological polar surface area (TPSA) is 37.4 Å². The summed E-state index contributed by atoms with van der Waals surface area (Å²) in [5, 5.41) is 0. The van der Waals surface area contributed by atoms with E-state index in [4.69, 9.17) is 0 Å². The number of hydrogen-bond donors (Lipinski definition) is 0. The molecule has 1 aromatic rings. The normalized spacial score (nSPS) is 11.0. The summed E-state index contributed by atoms with van der Waals surface area (Å²) >= 11 is 0. The van der Waals surface area contributed by atoms with E-state index >= 15 is 0 Å². The number of anilines is 1. The molecule has 0 fully saturated rings. The third-order valence-corrected chi connectivity index (χ3v) is 3.74. The Morgan fingerprint density at radius 1 is 1.14 bits per heavy atom. The van der Waals surface area contributed by atoms with Crippen LogP contribution in [0.1, 0.15) is 46.5 Å². The summed E-state index contributed by atoms with van der Waals surface area (Å²) < 4.78 is 0. The van der Waals surface area contributed by atoms with E-state index in [0.29, 0.717) is 18.5 Å². The van der Waals surface area contributed by atoms with Crippen molar-refractivity contribution in [1.82, 2.24) is 0 Å². The Labute approximate surface area is 127 Å². The molecule has 114 valence electrons. The third-order valence-electron chi connectivity index (χ3n) is 3.74. The minimum absolute atomic E-state index is 0.167. The summed E-state index contributed by atoms with van der Waals surface area (Å²) in [7, 11) is 0. The zero-order chi connectivity index (χ0) is 15.9. The molecular weight excluding hydrogens is 262 g/mol. The van der Waals surface area contributed by atoms with Gasteiger partial charge in [-0.15, -0.1) is 6.58 Å². The second kappa shape index (κ2) is 7.77. The van der Waals surface area contributed by atoms with Gasteiger partial charge in [0.05, 0.1) is 11.1 Å². The lowest BCUT2D eigenvalue weighted by atomic mass is 9.78. The van der Waals surface area contributed by atoms with Crippen LogP contribution in [0.3, 0.4) is 0 Å². The molecule has 0 aliphatic rings. The lowest BCUT2D eigenvalue weighted by molar-refractivity contribution is -0.131. The van der Waals surface area contributed by atoms with Crippen molar-refractivity contribution in [1.29, 1.82) is 0 Å². The van der Waals surface area contributed by atoms with Gasteiger partial charge in [0.2, 0.25) is 11.8 Å². The Hall–Kier alpha value is -1.90. The van der Waals surface area contributed by atoms with Gasteiger partial charge in [0.1, 0.15) is 0 Å². The second-order valence-corrected chi connectivity index (χ2v) is 5.36. The van der Waals surface area contributed by atoms with Gasteiger partial charge < -0.3 is 0 Å². The Balaban J connectivity index is 3.25. The fourth-order valence-electron chi connectivity index (χ4n) is 2.76. The summed E-state index contributed by atoms with van der Waals surface area (Å²) in [4.78, 5) is 26.4. The number of nitrogens with zero attached hydrogens (tertiary/aromatic N) is 1. The molecule has 21 heavy (non-hydrogen) atoms. The largest absolute Gasteiger partial charge is 0.274 e. The zero-order valence-electron chi connectivity index (χ0n) is 13.3. The molecule has 2 amide bonds. The smallest absolute Gasteiger partial charge is 0.243 e. The van der Waals surface area contributed by atoms with Crippen molar-refractivity contribution >= 4 is 17.5 Å². The molecule has 1 aromatic carbocycles. The van der Waals surface area contributed by atoms with Gasteiger partial charge in [0.15, 0.2) is 0 Å². The van der Waals surface area contributed by atoms with Gasteiger partial charge in [-0.2, -0.15) is 0 Å².